The van der Waals surface area contributed by atoms with Crippen molar-refractivity contribution in [1.29, 1.82) is 0 Å². The van der Waals surface area contributed by atoms with Gasteiger partial charge in [-0.05, 0) is 44.9 Å². The minimum atomic E-state index is -0.498. The smallest absolute Gasteiger partial charge is 0.271 e. The number of carbonyl (C=O) groups excluding carboxylic acids is 1. The maximum Gasteiger partial charge on any atom is 0.271 e. The number of hydrogen-bond donors (Lipinski definition) is 1. The number of nitrogens with zero attached hydrogens (tertiary/aromatic N) is 3. The van der Waals surface area contributed by atoms with Gasteiger partial charge in [-0.15, -0.1) is 0 Å². The number of nitrogens with one attached hydrogen (secondary N) is 1. The molecule has 1 heterocycles. The summed E-state index contributed by atoms with van der Waals surface area (Å²) in [5.41, 5.74) is 6.12. The van der Waals surface area contributed by atoms with Crippen molar-refractivity contribution in [2.45, 2.75) is 52.0 Å². The molecule has 0 unspecified atom stereocenters. The molecule has 27 heavy (non-hydrogen) atoms. The van der Waals surface area contributed by atoms with Crippen molar-refractivity contribution in [1.82, 2.24) is 9.99 Å². The van der Waals surface area contributed by atoms with Crippen molar-refractivity contribution in [2.75, 3.05) is 0 Å². The molecule has 142 valence electrons. The molecule has 1 aromatic heterocycles. The Balaban J connectivity index is 1.67. The molecule has 1 saturated carbocycles. The summed E-state index contributed by atoms with van der Waals surface area (Å²) < 4.78 is 2.39. The molecule has 0 aliphatic heterocycles. The fraction of sp³-hybridized carbons (Fsp3) is 0.400. The molecule has 0 spiro atoms. The predicted molar refractivity (Wildman–Crippen MR) is 104 cm³/mol. The number of aromatic nitrogens is 1. The fourth-order valence-corrected chi connectivity index (χ4v) is 3.79. The second-order valence-corrected chi connectivity index (χ2v) is 6.99. The summed E-state index contributed by atoms with van der Waals surface area (Å²) in [6, 6.07) is 8.07. The van der Waals surface area contributed by atoms with Gasteiger partial charge >= 0.3 is 0 Å². The van der Waals surface area contributed by atoms with Crippen molar-refractivity contribution in [3.8, 4) is 0 Å². The average molecular weight is 368 g/mol. The number of nitro groups is 1. The van der Waals surface area contributed by atoms with Crippen LogP contribution in [-0.4, -0.2) is 21.6 Å². The third-order valence-electron chi connectivity index (χ3n) is 5.17. The van der Waals surface area contributed by atoms with Crippen LogP contribution in [0.25, 0.3) is 0 Å². The van der Waals surface area contributed by atoms with Gasteiger partial charge in [0.05, 0.1) is 11.1 Å². The maximum absolute atomic E-state index is 12.1. The van der Waals surface area contributed by atoms with Gasteiger partial charge in [-0.2, -0.15) is 5.10 Å². The monoisotopic (exact) mass is 368 g/mol. The van der Waals surface area contributed by atoms with Gasteiger partial charge < -0.3 is 4.57 Å². The Bertz CT molecular complexity index is 862. The molecule has 2 aromatic rings. The van der Waals surface area contributed by atoms with Gasteiger partial charge in [0.2, 0.25) is 0 Å². The minimum Gasteiger partial charge on any atom is -0.345 e. The molecule has 1 aromatic carbocycles. The van der Waals surface area contributed by atoms with Crippen LogP contribution >= 0.6 is 0 Å². The molecule has 1 fully saturated rings. The van der Waals surface area contributed by atoms with Gasteiger partial charge in [-0.1, -0.05) is 19.3 Å². The highest BCUT2D eigenvalue weighted by molar-refractivity contribution is 5.95. The molecule has 0 bridgehead atoms. The van der Waals surface area contributed by atoms with Crippen molar-refractivity contribution in [2.24, 2.45) is 5.10 Å². The van der Waals surface area contributed by atoms with E-state index in [2.05, 4.69) is 35.0 Å². The second kappa shape index (κ2) is 8.16. The van der Waals surface area contributed by atoms with Crippen LogP contribution in [0, 0.1) is 24.0 Å². The lowest BCUT2D eigenvalue weighted by Gasteiger charge is -2.26. The van der Waals surface area contributed by atoms with Gasteiger partial charge in [0.15, 0.2) is 0 Å². The van der Waals surface area contributed by atoms with Crippen LogP contribution in [0.2, 0.25) is 0 Å². The number of carbonyl (C=O) groups is 1. The highest BCUT2D eigenvalue weighted by atomic mass is 16.6. The molecule has 1 N–H and O–H groups in total. The van der Waals surface area contributed by atoms with E-state index in [1.807, 2.05) is 0 Å². The zero-order valence-corrected chi connectivity index (χ0v) is 15.6. The Kier molecular flexibility index (Phi) is 5.69. The van der Waals surface area contributed by atoms with Crippen LogP contribution in [-0.2, 0) is 0 Å². The molecule has 0 radical (unpaired) electrons. The number of amides is 1. The summed E-state index contributed by atoms with van der Waals surface area (Å²) in [4.78, 5) is 22.3. The summed E-state index contributed by atoms with van der Waals surface area (Å²) in [5, 5.41) is 14.7. The van der Waals surface area contributed by atoms with Crippen molar-refractivity contribution >= 4 is 17.8 Å². The third kappa shape index (κ3) is 4.24. The first-order chi connectivity index (χ1) is 13.0. The Hall–Kier alpha value is -2.96. The molecular formula is C20H24N4O3. The van der Waals surface area contributed by atoms with E-state index in [9.17, 15) is 14.9 Å². The minimum absolute atomic E-state index is 0.0507. The number of nitro benzene ring substituents is 1. The quantitative estimate of drug-likeness (QED) is 0.485. The molecule has 1 aliphatic rings. The fourth-order valence-electron chi connectivity index (χ4n) is 3.79. The Morgan fingerprint density at radius 3 is 2.52 bits per heavy atom. The van der Waals surface area contributed by atoms with E-state index in [-0.39, 0.29) is 5.69 Å². The summed E-state index contributed by atoms with van der Waals surface area (Å²) in [7, 11) is 0. The first kappa shape index (κ1) is 18.8. The lowest BCUT2D eigenvalue weighted by Crippen LogP contribution is -2.17. The SMILES string of the molecule is Cc1cc(C=NNC(=O)c2ccc([N+](=O)[O-])cc2)c(C)n1C1CCCCC1. The second-order valence-electron chi connectivity index (χ2n) is 6.99. The first-order valence-electron chi connectivity index (χ1n) is 9.23. The van der Waals surface area contributed by atoms with Gasteiger partial charge in [-0.25, -0.2) is 5.43 Å². The number of benzene rings is 1. The van der Waals surface area contributed by atoms with Crippen molar-refractivity contribution < 1.29 is 9.72 Å². The largest absolute Gasteiger partial charge is 0.345 e. The molecular weight excluding hydrogens is 344 g/mol. The van der Waals surface area contributed by atoms with E-state index >= 15 is 0 Å². The first-order valence-corrected chi connectivity index (χ1v) is 9.23. The number of rotatable bonds is 5. The molecule has 1 amide bonds. The number of hydrogen-bond acceptors (Lipinski definition) is 4. The van der Waals surface area contributed by atoms with Gasteiger partial charge in [0, 0.05) is 40.7 Å². The lowest BCUT2D eigenvalue weighted by molar-refractivity contribution is -0.384. The standard InChI is InChI=1S/C20H24N4O3/c1-14-12-17(15(2)23(14)18-6-4-3-5-7-18)13-21-22-20(25)16-8-10-19(11-9-16)24(26)27/h8-13,18H,3-7H2,1-2H3,(H,22,25). The summed E-state index contributed by atoms with van der Waals surface area (Å²) in [5.74, 6) is -0.401. The van der Waals surface area contributed by atoms with Gasteiger partial charge in [0.25, 0.3) is 11.6 Å². The number of non-ortho nitro benzene ring substituents is 1. The molecule has 7 nitrogen and oxygen atoms in total. The predicted octanol–water partition coefficient (Wildman–Crippen LogP) is 4.28. The highest BCUT2D eigenvalue weighted by Gasteiger charge is 2.19. The van der Waals surface area contributed by atoms with Crippen LogP contribution in [0.4, 0.5) is 5.69 Å². The van der Waals surface area contributed by atoms with E-state index in [4.69, 9.17) is 0 Å². The van der Waals surface area contributed by atoms with Gasteiger partial charge in [-0.3, -0.25) is 14.9 Å². The third-order valence-corrected chi connectivity index (χ3v) is 5.17. The Morgan fingerprint density at radius 1 is 1.22 bits per heavy atom. The zero-order valence-electron chi connectivity index (χ0n) is 15.6. The van der Waals surface area contributed by atoms with Crippen LogP contribution in [0.1, 0.15) is 65.5 Å². The molecule has 7 heteroatoms. The average Bonchev–Trinajstić information content (AvgIpc) is 2.96. The van der Waals surface area contributed by atoms with Crippen LogP contribution in [0.3, 0.4) is 0 Å². The van der Waals surface area contributed by atoms with Crippen LogP contribution in [0.15, 0.2) is 35.4 Å². The van der Waals surface area contributed by atoms with E-state index in [0.717, 1.165) is 11.3 Å². The van der Waals surface area contributed by atoms with Crippen molar-refractivity contribution in [3.05, 3.63) is 63.0 Å². The lowest BCUT2D eigenvalue weighted by atomic mass is 9.95. The Labute approximate surface area is 158 Å². The summed E-state index contributed by atoms with van der Waals surface area (Å²) in [6.45, 7) is 4.19. The molecule has 1 aliphatic carbocycles. The maximum atomic E-state index is 12.1. The van der Waals surface area contributed by atoms with E-state index in [1.54, 1.807) is 6.21 Å². The van der Waals surface area contributed by atoms with Gasteiger partial charge in [0.1, 0.15) is 0 Å². The number of aryl methyl sites for hydroxylation is 1. The van der Waals surface area contributed by atoms with Crippen LogP contribution in [0.5, 0.6) is 0 Å². The molecule has 0 saturated heterocycles. The van der Waals surface area contributed by atoms with E-state index < -0.39 is 10.8 Å². The van der Waals surface area contributed by atoms with E-state index in [1.165, 1.54) is 62.1 Å². The molecule has 3 rings (SSSR count). The normalized spacial score (nSPS) is 15.2. The summed E-state index contributed by atoms with van der Waals surface area (Å²) in [6.07, 6.45) is 7.95. The van der Waals surface area contributed by atoms with E-state index in [0.29, 0.717) is 11.6 Å². The Morgan fingerprint density at radius 2 is 1.89 bits per heavy atom. The van der Waals surface area contributed by atoms with Crippen LogP contribution < -0.4 is 5.43 Å². The zero-order chi connectivity index (χ0) is 19.4. The number of hydrazone groups is 1. The summed E-state index contributed by atoms with van der Waals surface area (Å²) >= 11 is 0. The molecule has 0 atom stereocenters. The van der Waals surface area contributed by atoms with Crippen molar-refractivity contribution in [3.63, 3.8) is 0 Å². The highest BCUT2D eigenvalue weighted by Crippen LogP contribution is 2.31. The topological polar surface area (TPSA) is 89.5 Å².